The highest BCUT2D eigenvalue weighted by molar-refractivity contribution is 6.31. The minimum atomic E-state index is -0.200. The average molecular weight is 444 g/mol. The van der Waals surface area contributed by atoms with E-state index in [9.17, 15) is 4.79 Å². The molecule has 0 radical (unpaired) electrons. The topological polar surface area (TPSA) is 96.7 Å². The van der Waals surface area contributed by atoms with Crippen molar-refractivity contribution < 1.29 is 14.0 Å². The molecule has 162 valence electrons. The lowest BCUT2D eigenvalue weighted by Gasteiger charge is -2.16. The second kappa shape index (κ2) is 8.07. The third-order valence-corrected chi connectivity index (χ3v) is 5.84. The summed E-state index contributed by atoms with van der Waals surface area (Å²) in [5, 5.41) is 4.63. The van der Waals surface area contributed by atoms with Gasteiger partial charge in [-0.15, -0.1) is 0 Å². The Labute approximate surface area is 182 Å². The summed E-state index contributed by atoms with van der Waals surface area (Å²) < 4.78 is 19.8. The normalized spacial score (nSPS) is 17.7. The van der Waals surface area contributed by atoms with Gasteiger partial charge in [-0.05, 0) is 31.0 Å². The summed E-state index contributed by atoms with van der Waals surface area (Å²) in [6, 6.07) is 5.47. The van der Waals surface area contributed by atoms with E-state index in [-0.39, 0.29) is 23.4 Å². The molecule has 0 spiro atoms. The molecule has 3 aromatic heterocycles. The lowest BCUT2D eigenvalue weighted by molar-refractivity contribution is 0.0973. The van der Waals surface area contributed by atoms with Gasteiger partial charge in [0.2, 0.25) is 11.7 Å². The van der Waals surface area contributed by atoms with Gasteiger partial charge in [0.25, 0.3) is 5.56 Å². The van der Waals surface area contributed by atoms with Crippen LogP contribution in [0.3, 0.4) is 0 Å². The molecular formula is C21H22ClN5O4. The van der Waals surface area contributed by atoms with Gasteiger partial charge < -0.3 is 18.6 Å². The second-order valence-electron chi connectivity index (χ2n) is 7.81. The summed E-state index contributed by atoms with van der Waals surface area (Å²) in [6.07, 6.45) is 3.49. The van der Waals surface area contributed by atoms with Crippen LogP contribution in [0.15, 0.2) is 33.8 Å². The van der Waals surface area contributed by atoms with Crippen LogP contribution >= 0.6 is 11.6 Å². The summed E-state index contributed by atoms with van der Waals surface area (Å²) in [5.74, 6) is 0.638. The Bertz CT molecular complexity index is 1300. The van der Waals surface area contributed by atoms with Crippen LogP contribution in [-0.4, -0.2) is 50.5 Å². The fourth-order valence-electron chi connectivity index (χ4n) is 4.08. The standard InChI is InChI=1S/C21H22ClN5O4/c1-12(10-29-2)20-24-19(25-31-20)17-18-21(28)26(9-14-4-3-7-30-14)16-8-13(22)5-6-15(16)27(18)11-23-17/h5-6,8,11-12,14H,3-4,7,9-10H2,1-2H3. The van der Waals surface area contributed by atoms with Crippen molar-refractivity contribution in [3.05, 3.63) is 45.8 Å². The Morgan fingerprint density at radius 3 is 3.00 bits per heavy atom. The number of fused-ring (bicyclic) bond motifs is 3. The van der Waals surface area contributed by atoms with Crippen LogP contribution in [0.1, 0.15) is 31.6 Å². The number of ether oxygens (including phenoxy) is 2. The molecule has 1 aliphatic rings. The first-order chi connectivity index (χ1) is 15.1. The van der Waals surface area contributed by atoms with Gasteiger partial charge in [0, 0.05) is 18.7 Å². The highest BCUT2D eigenvalue weighted by Crippen LogP contribution is 2.26. The van der Waals surface area contributed by atoms with Gasteiger partial charge in [0.1, 0.15) is 17.5 Å². The number of imidazole rings is 1. The zero-order valence-corrected chi connectivity index (χ0v) is 18.0. The fourth-order valence-corrected chi connectivity index (χ4v) is 4.25. The van der Waals surface area contributed by atoms with E-state index in [1.54, 1.807) is 34.5 Å². The number of hydrogen-bond donors (Lipinski definition) is 0. The molecule has 31 heavy (non-hydrogen) atoms. The quantitative estimate of drug-likeness (QED) is 0.451. The van der Waals surface area contributed by atoms with E-state index in [0.717, 1.165) is 23.9 Å². The van der Waals surface area contributed by atoms with Crippen molar-refractivity contribution in [2.45, 2.75) is 38.3 Å². The lowest BCUT2D eigenvalue weighted by atomic mass is 10.2. The molecule has 1 aromatic carbocycles. The number of hydrogen-bond acceptors (Lipinski definition) is 7. The molecule has 1 aliphatic heterocycles. The van der Waals surface area contributed by atoms with Crippen molar-refractivity contribution in [3.8, 4) is 11.5 Å². The fraction of sp³-hybridized carbons (Fsp3) is 0.429. The second-order valence-corrected chi connectivity index (χ2v) is 8.24. The van der Waals surface area contributed by atoms with E-state index in [1.165, 1.54) is 0 Å². The first kappa shape index (κ1) is 20.2. The van der Waals surface area contributed by atoms with E-state index < -0.39 is 0 Å². The lowest BCUT2D eigenvalue weighted by Crippen LogP contribution is -2.28. The number of rotatable bonds is 6. The molecular weight excluding hydrogens is 422 g/mol. The number of halogens is 1. The van der Waals surface area contributed by atoms with E-state index in [2.05, 4.69) is 15.1 Å². The minimum Gasteiger partial charge on any atom is -0.384 e. The number of methoxy groups -OCH3 is 1. The molecule has 1 saturated heterocycles. The van der Waals surface area contributed by atoms with Crippen LogP contribution < -0.4 is 5.56 Å². The van der Waals surface area contributed by atoms with Crippen molar-refractivity contribution >= 4 is 28.2 Å². The average Bonchev–Trinajstić information content (AvgIpc) is 3.51. The van der Waals surface area contributed by atoms with Gasteiger partial charge in [0.05, 0.1) is 36.2 Å². The third-order valence-electron chi connectivity index (χ3n) is 5.61. The molecule has 5 rings (SSSR count). The SMILES string of the molecule is COCC(C)c1nc(-c2ncn3c2c(=O)n(CC2CCCO2)c2cc(Cl)ccc23)no1. The van der Waals surface area contributed by atoms with Gasteiger partial charge in [-0.25, -0.2) is 4.98 Å². The van der Waals surface area contributed by atoms with Crippen LogP contribution in [0.25, 0.3) is 28.1 Å². The summed E-state index contributed by atoms with van der Waals surface area (Å²) in [7, 11) is 1.62. The van der Waals surface area contributed by atoms with Crippen molar-refractivity contribution in [2.75, 3.05) is 20.3 Å². The molecule has 2 atom stereocenters. The highest BCUT2D eigenvalue weighted by atomic mass is 35.5. The summed E-state index contributed by atoms with van der Waals surface area (Å²) in [6.45, 7) is 3.53. The monoisotopic (exact) mass is 443 g/mol. The van der Waals surface area contributed by atoms with Gasteiger partial charge in [0.15, 0.2) is 0 Å². The van der Waals surface area contributed by atoms with Crippen LogP contribution in [0.4, 0.5) is 0 Å². The maximum absolute atomic E-state index is 13.6. The Kier molecular flexibility index (Phi) is 5.25. The van der Waals surface area contributed by atoms with E-state index in [0.29, 0.717) is 41.9 Å². The molecule has 0 saturated carbocycles. The van der Waals surface area contributed by atoms with Gasteiger partial charge in [-0.1, -0.05) is 23.7 Å². The summed E-state index contributed by atoms with van der Waals surface area (Å²) in [5.41, 5.74) is 2.11. The summed E-state index contributed by atoms with van der Waals surface area (Å²) >= 11 is 6.26. The van der Waals surface area contributed by atoms with Crippen LogP contribution in [0.2, 0.25) is 5.02 Å². The van der Waals surface area contributed by atoms with Crippen molar-refractivity contribution in [3.63, 3.8) is 0 Å². The molecule has 0 amide bonds. The maximum atomic E-state index is 13.6. The molecule has 1 fully saturated rings. The van der Waals surface area contributed by atoms with Crippen molar-refractivity contribution in [1.29, 1.82) is 0 Å². The number of aromatic nitrogens is 5. The Morgan fingerprint density at radius 1 is 1.35 bits per heavy atom. The maximum Gasteiger partial charge on any atom is 0.277 e. The number of benzene rings is 1. The highest BCUT2D eigenvalue weighted by Gasteiger charge is 2.24. The zero-order chi connectivity index (χ0) is 21.5. The molecule has 0 aliphatic carbocycles. The molecule has 0 bridgehead atoms. The van der Waals surface area contributed by atoms with Crippen LogP contribution in [0.5, 0.6) is 0 Å². The molecule has 9 nitrogen and oxygen atoms in total. The van der Waals surface area contributed by atoms with Crippen LogP contribution in [-0.2, 0) is 16.0 Å². The first-order valence-electron chi connectivity index (χ1n) is 10.2. The Hall–Kier alpha value is -2.75. The Balaban J connectivity index is 1.70. The van der Waals surface area contributed by atoms with Gasteiger partial charge >= 0.3 is 0 Å². The summed E-state index contributed by atoms with van der Waals surface area (Å²) in [4.78, 5) is 22.6. The van der Waals surface area contributed by atoms with Gasteiger partial charge in [-0.2, -0.15) is 4.98 Å². The van der Waals surface area contributed by atoms with E-state index in [4.69, 9.17) is 25.6 Å². The molecule has 4 aromatic rings. The van der Waals surface area contributed by atoms with Crippen molar-refractivity contribution in [2.24, 2.45) is 0 Å². The molecule has 0 N–H and O–H groups in total. The van der Waals surface area contributed by atoms with E-state index >= 15 is 0 Å². The minimum absolute atomic E-state index is 0.0135. The first-order valence-corrected chi connectivity index (χ1v) is 10.6. The third kappa shape index (κ3) is 3.52. The van der Waals surface area contributed by atoms with Crippen LogP contribution in [0, 0.1) is 0 Å². The number of nitrogens with zero attached hydrogens (tertiary/aromatic N) is 5. The molecule has 4 heterocycles. The smallest absolute Gasteiger partial charge is 0.277 e. The Morgan fingerprint density at radius 2 is 2.23 bits per heavy atom. The zero-order valence-electron chi connectivity index (χ0n) is 17.2. The van der Waals surface area contributed by atoms with Crippen molar-refractivity contribution in [1.82, 2.24) is 24.1 Å². The molecule has 10 heteroatoms. The predicted molar refractivity (Wildman–Crippen MR) is 115 cm³/mol. The molecule has 2 unspecified atom stereocenters. The largest absolute Gasteiger partial charge is 0.384 e. The predicted octanol–water partition coefficient (Wildman–Crippen LogP) is 3.28. The van der Waals surface area contributed by atoms with E-state index in [1.807, 2.05) is 13.0 Å². The van der Waals surface area contributed by atoms with Gasteiger partial charge in [-0.3, -0.25) is 9.20 Å².